The van der Waals surface area contributed by atoms with E-state index in [1.165, 1.54) is 18.3 Å². The first-order valence-electron chi connectivity index (χ1n) is 6.53. The zero-order valence-corrected chi connectivity index (χ0v) is 12.1. The number of hydrogen-bond acceptors (Lipinski definition) is 5. The van der Waals surface area contributed by atoms with Crippen molar-refractivity contribution in [3.63, 3.8) is 0 Å². The number of ether oxygens (including phenoxy) is 1. The number of aromatic nitrogens is 1. The van der Waals surface area contributed by atoms with Gasteiger partial charge in [-0.1, -0.05) is 6.92 Å². The molecule has 1 aliphatic heterocycles. The van der Waals surface area contributed by atoms with Crippen LogP contribution < -0.4 is 10.3 Å². The molecule has 1 unspecified atom stereocenters. The van der Waals surface area contributed by atoms with Crippen molar-refractivity contribution in [3.05, 3.63) is 28.7 Å². The molecule has 8 heteroatoms. The quantitative estimate of drug-likeness (QED) is 0.756. The molecule has 1 aliphatic rings. The average molecular weight is 301 g/mol. The molecule has 0 bridgehead atoms. The van der Waals surface area contributed by atoms with Crippen molar-refractivity contribution in [1.29, 1.82) is 0 Å². The summed E-state index contributed by atoms with van der Waals surface area (Å²) < 4.78 is 32.1. The highest BCUT2D eigenvalue weighted by Gasteiger charge is 2.22. The monoisotopic (exact) mass is 301 g/mol. The first kappa shape index (κ1) is 15.2. The van der Waals surface area contributed by atoms with Gasteiger partial charge in [-0.15, -0.1) is 0 Å². The Hall–Kier alpha value is -1.22. The number of aromatic amines is 1. The number of likely N-dealkylation sites (N-methyl/N-ethyl adjacent to an activating group) is 1. The number of rotatable bonds is 5. The third-order valence-electron chi connectivity index (χ3n) is 3.24. The fraction of sp³-hybridized carbons (Fsp3) is 0.583. The van der Waals surface area contributed by atoms with E-state index in [0.29, 0.717) is 13.2 Å². The van der Waals surface area contributed by atoms with Gasteiger partial charge >= 0.3 is 0 Å². The first-order valence-corrected chi connectivity index (χ1v) is 8.02. The van der Waals surface area contributed by atoms with E-state index < -0.39 is 10.0 Å². The van der Waals surface area contributed by atoms with Crippen LogP contribution in [0.5, 0.6) is 0 Å². The number of pyridine rings is 1. The van der Waals surface area contributed by atoms with Crippen LogP contribution in [0.4, 0.5) is 0 Å². The van der Waals surface area contributed by atoms with Crippen LogP contribution in [0.2, 0.25) is 0 Å². The lowest BCUT2D eigenvalue weighted by Crippen LogP contribution is -2.47. The van der Waals surface area contributed by atoms with Gasteiger partial charge in [-0.05, 0) is 12.6 Å². The van der Waals surface area contributed by atoms with Gasteiger partial charge in [0.15, 0.2) is 0 Å². The number of H-pyrrole nitrogens is 1. The maximum atomic E-state index is 12.0. The van der Waals surface area contributed by atoms with E-state index in [4.69, 9.17) is 4.74 Å². The van der Waals surface area contributed by atoms with Gasteiger partial charge in [-0.3, -0.25) is 9.69 Å². The predicted octanol–water partition coefficient (Wildman–Crippen LogP) is -0.626. The van der Waals surface area contributed by atoms with Gasteiger partial charge in [0, 0.05) is 31.9 Å². The van der Waals surface area contributed by atoms with E-state index in [1.54, 1.807) is 0 Å². The van der Waals surface area contributed by atoms with Gasteiger partial charge in [-0.25, -0.2) is 13.1 Å². The van der Waals surface area contributed by atoms with Gasteiger partial charge in [0.1, 0.15) is 0 Å². The maximum Gasteiger partial charge on any atom is 0.247 e. The van der Waals surface area contributed by atoms with E-state index in [1.807, 2.05) is 0 Å². The van der Waals surface area contributed by atoms with Gasteiger partial charge in [-0.2, -0.15) is 0 Å². The van der Waals surface area contributed by atoms with Crippen molar-refractivity contribution >= 4 is 10.0 Å². The third-order valence-corrected chi connectivity index (χ3v) is 4.66. The van der Waals surface area contributed by atoms with E-state index in [9.17, 15) is 13.2 Å². The summed E-state index contributed by atoms with van der Waals surface area (Å²) in [5.74, 6) is 0. The molecule has 0 saturated carbocycles. The molecule has 0 amide bonds. The highest BCUT2D eigenvalue weighted by atomic mass is 32.2. The van der Waals surface area contributed by atoms with E-state index >= 15 is 0 Å². The number of nitrogens with one attached hydrogen (secondary N) is 2. The molecule has 2 heterocycles. The molecular formula is C12H19N3O4S. The van der Waals surface area contributed by atoms with Crippen LogP contribution in [0.25, 0.3) is 0 Å². The van der Waals surface area contributed by atoms with Gasteiger partial charge in [0.25, 0.3) is 0 Å². The first-order chi connectivity index (χ1) is 9.51. The molecule has 2 N–H and O–H groups in total. The molecule has 1 aromatic heterocycles. The van der Waals surface area contributed by atoms with Crippen molar-refractivity contribution in [1.82, 2.24) is 14.6 Å². The van der Waals surface area contributed by atoms with Crippen molar-refractivity contribution in [2.45, 2.75) is 17.9 Å². The summed E-state index contributed by atoms with van der Waals surface area (Å²) in [4.78, 5) is 15.5. The second kappa shape index (κ2) is 6.49. The molecule has 112 valence electrons. The van der Waals surface area contributed by atoms with Crippen LogP contribution in [0.15, 0.2) is 28.0 Å². The van der Waals surface area contributed by atoms with Crippen molar-refractivity contribution in [2.75, 3.05) is 32.8 Å². The Balaban J connectivity index is 1.95. The highest BCUT2D eigenvalue weighted by molar-refractivity contribution is 7.89. The van der Waals surface area contributed by atoms with Crippen LogP contribution >= 0.6 is 0 Å². The molecule has 1 fully saturated rings. The molecule has 20 heavy (non-hydrogen) atoms. The van der Waals surface area contributed by atoms with Crippen LogP contribution in [0, 0.1) is 0 Å². The van der Waals surface area contributed by atoms with Gasteiger partial charge < -0.3 is 9.72 Å². The summed E-state index contributed by atoms with van der Waals surface area (Å²) >= 11 is 0. The SMILES string of the molecule is CCN1CCOC(CNS(=O)(=O)c2ccc(=O)[nH]c2)C1. The Kier molecular flexibility index (Phi) is 4.92. The highest BCUT2D eigenvalue weighted by Crippen LogP contribution is 2.07. The molecule has 0 radical (unpaired) electrons. The smallest absolute Gasteiger partial charge is 0.247 e. The molecule has 7 nitrogen and oxygen atoms in total. The molecule has 1 saturated heterocycles. The lowest BCUT2D eigenvalue weighted by atomic mass is 10.3. The van der Waals surface area contributed by atoms with Crippen LogP contribution in [-0.2, 0) is 14.8 Å². The van der Waals surface area contributed by atoms with E-state index in [-0.39, 0.29) is 23.1 Å². The van der Waals surface area contributed by atoms with Crippen LogP contribution in [0.1, 0.15) is 6.92 Å². The molecule has 0 aromatic carbocycles. The Morgan fingerprint density at radius 3 is 2.95 bits per heavy atom. The summed E-state index contributed by atoms with van der Waals surface area (Å²) in [6.07, 6.45) is 1.03. The number of morpholine rings is 1. The van der Waals surface area contributed by atoms with Crippen LogP contribution in [-0.4, -0.2) is 57.2 Å². The number of hydrogen-bond donors (Lipinski definition) is 2. The lowest BCUT2D eigenvalue weighted by molar-refractivity contribution is -0.0229. The fourth-order valence-electron chi connectivity index (χ4n) is 2.04. The van der Waals surface area contributed by atoms with Crippen molar-refractivity contribution in [3.8, 4) is 0 Å². The second-order valence-electron chi connectivity index (χ2n) is 4.63. The minimum absolute atomic E-state index is 0.0419. The molecule has 0 spiro atoms. The Morgan fingerprint density at radius 1 is 1.50 bits per heavy atom. The second-order valence-corrected chi connectivity index (χ2v) is 6.39. The minimum Gasteiger partial charge on any atom is -0.374 e. The minimum atomic E-state index is -3.62. The molecule has 0 aliphatic carbocycles. The van der Waals surface area contributed by atoms with Crippen molar-refractivity contribution in [2.24, 2.45) is 0 Å². The zero-order valence-electron chi connectivity index (χ0n) is 11.3. The molecule has 2 rings (SSSR count). The predicted molar refractivity (Wildman–Crippen MR) is 74.1 cm³/mol. The number of nitrogens with zero attached hydrogens (tertiary/aromatic N) is 1. The summed E-state index contributed by atoms with van der Waals surface area (Å²) in [6, 6.07) is 2.46. The summed E-state index contributed by atoms with van der Waals surface area (Å²) in [7, 11) is -3.62. The normalized spacial score (nSPS) is 20.9. The fourth-order valence-corrected chi connectivity index (χ4v) is 3.07. The van der Waals surface area contributed by atoms with E-state index in [2.05, 4.69) is 21.5 Å². The maximum absolute atomic E-state index is 12.0. The van der Waals surface area contributed by atoms with E-state index in [0.717, 1.165) is 13.1 Å². The zero-order chi connectivity index (χ0) is 14.6. The topological polar surface area (TPSA) is 91.5 Å². The summed E-state index contributed by atoms with van der Waals surface area (Å²) in [5.41, 5.74) is -0.335. The summed E-state index contributed by atoms with van der Waals surface area (Å²) in [6.45, 7) is 5.40. The molecule has 1 aromatic rings. The van der Waals surface area contributed by atoms with Gasteiger partial charge in [0.2, 0.25) is 15.6 Å². The molecule has 1 atom stereocenters. The van der Waals surface area contributed by atoms with Gasteiger partial charge in [0.05, 0.1) is 17.6 Å². The number of sulfonamides is 1. The molecular weight excluding hydrogens is 282 g/mol. The standard InChI is InChI=1S/C12H19N3O4S/c1-2-15-5-6-19-10(9-15)7-14-20(17,18)11-3-4-12(16)13-8-11/h3-4,8,10,14H,2,5-7,9H2,1H3,(H,13,16). The largest absolute Gasteiger partial charge is 0.374 e. The van der Waals surface area contributed by atoms with Crippen molar-refractivity contribution < 1.29 is 13.2 Å². The Morgan fingerprint density at radius 2 is 2.30 bits per heavy atom. The Bertz CT molecular complexity index is 578. The third kappa shape index (κ3) is 3.89. The lowest BCUT2D eigenvalue weighted by Gasteiger charge is -2.32. The Labute approximate surface area is 118 Å². The average Bonchev–Trinajstić information content (AvgIpc) is 2.46. The van der Waals surface area contributed by atoms with Crippen LogP contribution in [0.3, 0.4) is 0 Å². The summed E-state index contributed by atoms with van der Waals surface area (Å²) in [5, 5.41) is 0.